The van der Waals surface area contributed by atoms with Crippen LogP contribution in [0.2, 0.25) is 0 Å². The fourth-order valence-corrected chi connectivity index (χ4v) is 2.80. The van der Waals surface area contributed by atoms with Crippen LogP contribution in [-0.4, -0.2) is 19.3 Å². The van der Waals surface area contributed by atoms with Crippen molar-refractivity contribution >= 4 is 0 Å². The molecule has 0 spiro atoms. The number of hydrogen-bond donors (Lipinski definition) is 1. The summed E-state index contributed by atoms with van der Waals surface area (Å²) in [5.41, 5.74) is 5.60. The minimum absolute atomic E-state index is 0.461. The Morgan fingerprint density at radius 2 is 1.83 bits per heavy atom. The monoisotopic (exact) mass is 247 g/mol. The number of ether oxygens (including phenoxy) is 1. The van der Waals surface area contributed by atoms with E-state index in [2.05, 4.69) is 38.2 Å². The molecular weight excluding hydrogens is 222 g/mol. The van der Waals surface area contributed by atoms with Crippen molar-refractivity contribution in [2.24, 2.45) is 0 Å². The quantitative estimate of drug-likeness (QED) is 0.881. The number of nitrogens with one attached hydrogen (secondary N) is 1. The van der Waals surface area contributed by atoms with Crippen molar-refractivity contribution in [2.45, 2.75) is 58.7 Å². The number of hydrogen-bond acceptors (Lipinski definition) is 2. The summed E-state index contributed by atoms with van der Waals surface area (Å²) in [6, 6.07) is 5.23. The molecule has 1 aliphatic rings. The highest BCUT2D eigenvalue weighted by Crippen LogP contribution is 2.22. The van der Waals surface area contributed by atoms with Gasteiger partial charge in [0.2, 0.25) is 0 Å². The molecule has 0 amide bonds. The van der Waals surface area contributed by atoms with E-state index < -0.39 is 0 Å². The van der Waals surface area contributed by atoms with Gasteiger partial charge >= 0.3 is 0 Å². The van der Waals surface area contributed by atoms with E-state index in [1.54, 1.807) is 0 Å². The predicted molar refractivity (Wildman–Crippen MR) is 75.9 cm³/mol. The van der Waals surface area contributed by atoms with Crippen LogP contribution in [0.1, 0.15) is 41.5 Å². The molecule has 0 saturated heterocycles. The summed E-state index contributed by atoms with van der Waals surface area (Å²) in [6.45, 7) is 7.55. The zero-order valence-electron chi connectivity index (χ0n) is 12.0. The van der Waals surface area contributed by atoms with Gasteiger partial charge in [-0.1, -0.05) is 12.1 Å². The lowest BCUT2D eigenvalue weighted by Gasteiger charge is -2.15. The van der Waals surface area contributed by atoms with Crippen LogP contribution in [0, 0.1) is 20.8 Å². The van der Waals surface area contributed by atoms with Gasteiger partial charge in [-0.25, -0.2) is 0 Å². The molecule has 2 unspecified atom stereocenters. The minimum Gasteiger partial charge on any atom is -0.381 e. The molecule has 1 N–H and O–H groups in total. The number of benzene rings is 1. The molecule has 1 aromatic rings. The van der Waals surface area contributed by atoms with E-state index >= 15 is 0 Å². The summed E-state index contributed by atoms with van der Waals surface area (Å²) >= 11 is 0. The molecule has 100 valence electrons. The van der Waals surface area contributed by atoms with E-state index in [9.17, 15) is 0 Å². The lowest BCUT2D eigenvalue weighted by Crippen LogP contribution is -2.27. The average molecular weight is 247 g/mol. The fourth-order valence-electron chi connectivity index (χ4n) is 2.80. The standard InChI is InChI=1S/C16H25NO/c1-11-7-13(3)14(8-12(11)2)10-17-15-5-6-16(9-15)18-4/h7-8,15-17H,5-6,9-10H2,1-4H3. The molecule has 1 aliphatic carbocycles. The van der Waals surface area contributed by atoms with Gasteiger partial charge in [0.05, 0.1) is 6.10 Å². The van der Waals surface area contributed by atoms with Gasteiger partial charge in [-0.3, -0.25) is 0 Å². The second kappa shape index (κ2) is 5.85. The highest BCUT2D eigenvalue weighted by molar-refractivity contribution is 5.36. The van der Waals surface area contributed by atoms with E-state index in [4.69, 9.17) is 4.74 Å². The molecule has 1 aromatic carbocycles. The maximum absolute atomic E-state index is 5.41. The molecule has 0 radical (unpaired) electrons. The average Bonchev–Trinajstić information content (AvgIpc) is 2.80. The minimum atomic E-state index is 0.461. The van der Waals surface area contributed by atoms with Gasteiger partial charge in [0.1, 0.15) is 0 Å². The Bertz CT molecular complexity index is 414. The van der Waals surface area contributed by atoms with Gasteiger partial charge < -0.3 is 10.1 Å². The molecule has 2 atom stereocenters. The Labute approximate surface area is 111 Å². The van der Waals surface area contributed by atoms with Gasteiger partial charge in [-0.15, -0.1) is 0 Å². The third kappa shape index (κ3) is 3.12. The van der Waals surface area contributed by atoms with Gasteiger partial charge in [0.15, 0.2) is 0 Å². The van der Waals surface area contributed by atoms with Crippen molar-refractivity contribution in [2.75, 3.05) is 7.11 Å². The lowest BCUT2D eigenvalue weighted by atomic mass is 10.0. The fraction of sp³-hybridized carbons (Fsp3) is 0.625. The Hall–Kier alpha value is -0.860. The summed E-state index contributed by atoms with van der Waals surface area (Å²) in [6.07, 6.45) is 4.05. The summed E-state index contributed by atoms with van der Waals surface area (Å²) in [5.74, 6) is 0. The molecular formula is C16H25NO. The Morgan fingerprint density at radius 1 is 1.11 bits per heavy atom. The van der Waals surface area contributed by atoms with E-state index in [1.807, 2.05) is 7.11 Å². The van der Waals surface area contributed by atoms with Crippen LogP contribution in [0.3, 0.4) is 0 Å². The first-order valence-corrected chi connectivity index (χ1v) is 6.93. The van der Waals surface area contributed by atoms with E-state index in [0.29, 0.717) is 12.1 Å². The molecule has 1 fully saturated rings. The van der Waals surface area contributed by atoms with E-state index in [0.717, 1.165) is 13.0 Å². The van der Waals surface area contributed by atoms with Crippen LogP contribution >= 0.6 is 0 Å². The summed E-state index contributed by atoms with van der Waals surface area (Å²) in [5, 5.41) is 3.67. The van der Waals surface area contributed by atoms with Crippen LogP contribution in [0.4, 0.5) is 0 Å². The highest BCUT2D eigenvalue weighted by atomic mass is 16.5. The van der Waals surface area contributed by atoms with Crippen molar-refractivity contribution in [1.29, 1.82) is 0 Å². The first kappa shape index (κ1) is 13.6. The topological polar surface area (TPSA) is 21.3 Å². The van der Waals surface area contributed by atoms with E-state index in [1.165, 1.54) is 35.1 Å². The maximum atomic E-state index is 5.41. The first-order chi connectivity index (χ1) is 8.60. The number of aryl methyl sites for hydroxylation is 3. The normalized spacial score (nSPS) is 23.6. The van der Waals surface area contributed by atoms with E-state index in [-0.39, 0.29) is 0 Å². The third-order valence-electron chi connectivity index (χ3n) is 4.25. The smallest absolute Gasteiger partial charge is 0.0586 e. The van der Waals surface area contributed by atoms with Crippen molar-refractivity contribution < 1.29 is 4.74 Å². The largest absolute Gasteiger partial charge is 0.381 e. The zero-order valence-corrected chi connectivity index (χ0v) is 12.0. The molecule has 0 aromatic heterocycles. The van der Waals surface area contributed by atoms with Gasteiger partial charge in [-0.05, 0) is 62.3 Å². The molecule has 1 saturated carbocycles. The van der Waals surface area contributed by atoms with Crippen LogP contribution in [0.25, 0.3) is 0 Å². The van der Waals surface area contributed by atoms with Gasteiger partial charge in [0, 0.05) is 19.7 Å². The van der Waals surface area contributed by atoms with Crippen LogP contribution in [0.5, 0.6) is 0 Å². The van der Waals surface area contributed by atoms with Crippen molar-refractivity contribution in [3.05, 3.63) is 34.4 Å². The number of methoxy groups -OCH3 is 1. The predicted octanol–water partition coefficient (Wildman–Crippen LogP) is 3.27. The zero-order chi connectivity index (χ0) is 13.1. The van der Waals surface area contributed by atoms with Gasteiger partial charge in [0.25, 0.3) is 0 Å². The van der Waals surface area contributed by atoms with Crippen LogP contribution in [0.15, 0.2) is 12.1 Å². The molecule has 0 aliphatic heterocycles. The second-order valence-corrected chi connectivity index (χ2v) is 5.61. The van der Waals surface area contributed by atoms with Gasteiger partial charge in [-0.2, -0.15) is 0 Å². The Kier molecular flexibility index (Phi) is 4.41. The first-order valence-electron chi connectivity index (χ1n) is 6.93. The molecule has 2 heteroatoms. The van der Waals surface area contributed by atoms with Crippen molar-refractivity contribution in [1.82, 2.24) is 5.32 Å². The molecule has 0 heterocycles. The Balaban J connectivity index is 1.93. The van der Waals surface area contributed by atoms with Crippen LogP contribution < -0.4 is 5.32 Å². The molecule has 2 nitrogen and oxygen atoms in total. The second-order valence-electron chi connectivity index (χ2n) is 5.61. The molecule has 0 bridgehead atoms. The SMILES string of the molecule is COC1CCC(NCc2cc(C)c(C)cc2C)C1. The van der Waals surface area contributed by atoms with Crippen molar-refractivity contribution in [3.63, 3.8) is 0 Å². The number of rotatable bonds is 4. The van der Waals surface area contributed by atoms with Crippen molar-refractivity contribution in [3.8, 4) is 0 Å². The highest BCUT2D eigenvalue weighted by Gasteiger charge is 2.23. The Morgan fingerprint density at radius 3 is 2.50 bits per heavy atom. The molecule has 2 rings (SSSR count). The summed E-state index contributed by atoms with van der Waals surface area (Å²) < 4.78 is 5.41. The summed E-state index contributed by atoms with van der Waals surface area (Å²) in [7, 11) is 1.82. The molecule has 18 heavy (non-hydrogen) atoms. The lowest BCUT2D eigenvalue weighted by molar-refractivity contribution is 0.107. The maximum Gasteiger partial charge on any atom is 0.0586 e. The van der Waals surface area contributed by atoms with Crippen LogP contribution in [-0.2, 0) is 11.3 Å². The summed E-state index contributed by atoms with van der Waals surface area (Å²) in [4.78, 5) is 0. The third-order valence-corrected chi connectivity index (χ3v) is 4.25.